The van der Waals surface area contributed by atoms with Crippen molar-refractivity contribution in [2.24, 2.45) is 0 Å². The summed E-state index contributed by atoms with van der Waals surface area (Å²) in [5, 5.41) is 3.48. The number of hydrogen-bond acceptors (Lipinski definition) is 5. The van der Waals surface area contributed by atoms with Crippen molar-refractivity contribution < 1.29 is 19.0 Å². The second kappa shape index (κ2) is 11.6. The lowest BCUT2D eigenvalue weighted by molar-refractivity contribution is -0.123. The number of para-hydroxylation sites is 1. The number of thiocarbonyl (C=S) groups is 1. The zero-order valence-electron chi connectivity index (χ0n) is 20.8. The summed E-state index contributed by atoms with van der Waals surface area (Å²) in [7, 11) is 1.64. The number of benzene rings is 3. The van der Waals surface area contributed by atoms with Crippen molar-refractivity contribution in [1.82, 2.24) is 10.2 Å². The molecule has 1 amide bonds. The van der Waals surface area contributed by atoms with Gasteiger partial charge in [0.05, 0.1) is 19.8 Å². The summed E-state index contributed by atoms with van der Waals surface area (Å²) in [6.45, 7) is 1.55. The monoisotopic (exact) mass is 514 g/mol. The van der Waals surface area contributed by atoms with E-state index in [9.17, 15) is 4.79 Å². The van der Waals surface area contributed by atoms with E-state index in [0.717, 1.165) is 54.1 Å². The maximum atomic E-state index is 13.0. The van der Waals surface area contributed by atoms with E-state index in [2.05, 4.69) is 23.5 Å². The average Bonchev–Trinajstić information content (AvgIpc) is 3.53. The molecule has 3 aromatic rings. The van der Waals surface area contributed by atoms with Gasteiger partial charge in [0, 0.05) is 18.6 Å². The predicted molar refractivity (Wildman–Crippen MR) is 147 cm³/mol. The van der Waals surface area contributed by atoms with Crippen molar-refractivity contribution in [2.75, 3.05) is 20.3 Å². The molecule has 2 aliphatic heterocycles. The second-order valence-corrected chi connectivity index (χ2v) is 9.56. The molecule has 37 heavy (non-hydrogen) atoms. The molecule has 2 fully saturated rings. The van der Waals surface area contributed by atoms with Gasteiger partial charge in [-0.3, -0.25) is 9.69 Å². The molecule has 6 nitrogen and oxygen atoms in total. The quantitative estimate of drug-likeness (QED) is 0.317. The summed E-state index contributed by atoms with van der Waals surface area (Å²) < 4.78 is 17.5. The van der Waals surface area contributed by atoms with Crippen LogP contribution >= 0.6 is 12.2 Å². The number of carbonyl (C=O) groups excluding carboxylic acids is 1. The molecule has 7 heteroatoms. The lowest BCUT2D eigenvalue weighted by Gasteiger charge is -2.18. The van der Waals surface area contributed by atoms with Crippen LogP contribution in [-0.4, -0.2) is 42.3 Å². The minimum Gasteiger partial charge on any atom is -0.496 e. The van der Waals surface area contributed by atoms with Gasteiger partial charge in [-0.2, -0.15) is 0 Å². The van der Waals surface area contributed by atoms with E-state index >= 15 is 0 Å². The maximum Gasteiger partial charge on any atom is 0.276 e. The van der Waals surface area contributed by atoms with Crippen LogP contribution in [0.5, 0.6) is 11.5 Å². The Morgan fingerprint density at radius 1 is 1.05 bits per heavy atom. The maximum absolute atomic E-state index is 13.0. The van der Waals surface area contributed by atoms with Crippen molar-refractivity contribution in [1.29, 1.82) is 0 Å². The fourth-order valence-electron chi connectivity index (χ4n) is 4.66. The molecule has 1 unspecified atom stereocenters. The molecule has 3 aromatic carbocycles. The number of nitrogens with zero attached hydrogens (tertiary/aromatic N) is 1. The van der Waals surface area contributed by atoms with E-state index in [1.807, 2.05) is 60.7 Å². The van der Waals surface area contributed by atoms with Crippen LogP contribution in [-0.2, 0) is 22.6 Å². The van der Waals surface area contributed by atoms with Crippen molar-refractivity contribution >= 4 is 29.3 Å². The molecule has 0 spiro atoms. The lowest BCUT2D eigenvalue weighted by atomic mass is 10.0. The van der Waals surface area contributed by atoms with Crippen LogP contribution in [0.1, 0.15) is 35.1 Å². The highest BCUT2D eigenvalue weighted by Crippen LogP contribution is 2.27. The van der Waals surface area contributed by atoms with E-state index in [1.54, 1.807) is 12.0 Å². The third-order valence-corrected chi connectivity index (χ3v) is 6.90. The van der Waals surface area contributed by atoms with Gasteiger partial charge < -0.3 is 19.5 Å². The number of carbonyl (C=O) groups is 1. The Hall–Kier alpha value is -3.68. The van der Waals surface area contributed by atoms with Crippen LogP contribution in [0.4, 0.5) is 0 Å². The number of rotatable bonds is 9. The first kappa shape index (κ1) is 25.0. The van der Waals surface area contributed by atoms with Crippen LogP contribution in [0.15, 0.2) is 78.5 Å². The summed E-state index contributed by atoms with van der Waals surface area (Å²) in [5.74, 6) is 1.42. The highest BCUT2D eigenvalue weighted by Gasteiger charge is 2.33. The van der Waals surface area contributed by atoms with Crippen LogP contribution in [0.3, 0.4) is 0 Å². The van der Waals surface area contributed by atoms with Crippen molar-refractivity contribution in [3.63, 3.8) is 0 Å². The van der Waals surface area contributed by atoms with Gasteiger partial charge in [-0.05, 0) is 66.0 Å². The molecule has 0 aliphatic carbocycles. The van der Waals surface area contributed by atoms with Crippen LogP contribution in [0.25, 0.3) is 6.08 Å². The fraction of sp³-hybridized carbons (Fsp3) is 0.267. The first-order valence-corrected chi connectivity index (χ1v) is 12.9. The Morgan fingerprint density at radius 2 is 1.86 bits per heavy atom. The van der Waals surface area contributed by atoms with Crippen LogP contribution in [0, 0.1) is 0 Å². The number of methoxy groups -OCH3 is 1. The normalized spacial score (nSPS) is 18.4. The molecule has 0 saturated carbocycles. The molecule has 2 saturated heterocycles. The Morgan fingerprint density at radius 3 is 2.65 bits per heavy atom. The molecule has 2 aliphatic rings. The Bertz CT molecular complexity index is 1300. The van der Waals surface area contributed by atoms with E-state index < -0.39 is 0 Å². The summed E-state index contributed by atoms with van der Waals surface area (Å²) in [6.07, 6.45) is 4.61. The van der Waals surface area contributed by atoms with Crippen LogP contribution in [0.2, 0.25) is 0 Å². The van der Waals surface area contributed by atoms with Crippen LogP contribution < -0.4 is 14.8 Å². The molecule has 190 valence electrons. The van der Waals surface area contributed by atoms with E-state index in [4.69, 9.17) is 26.4 Å². The standard InChI is InChI=1S/C30H30N2O4S/c1-34-27-14-13-22(18-26-29(33)32(30(37)31-26)19-25-11-7-15-35-25)17-24(27)20-36-28-12-6-5-10-23(28)16-21-8-3-2-4-9-21/h2-6,8-10,12-14,17-18,25H,7,11,15-16,19-20H2,1H3,(H,31,37)/b26-18+. The highest BCUT2D eigenvalue weighted by atomic mass is 32.1. The second-order valence-electron chi connectivity index (χ2n) is 9.17. The number of amides is 1. The number of hydrogen-bond donors (Lipinski definition) is 1. The first-order valence-electron chi connectivity index (χ1n) is 12.5. The largest absolute Gasteiger partial charge is 0.496 e. The zero-order valence-corrected chi connectivity index (χ0v) is 21.6. The molecular weight excluding hydrogens is 484 g/mol. The van der Waals surface area contributed by atoms with E-state index in [-0.39, 0.29) is 12.0 Å². The topological polar surface area (TPSA) is 60.0 Å². The Labute approximate surface area is 222 Å². The third-order valence-electron chi connectivity index (χ3n) is 6.58. The van der Waals surface area contributed by atoms with Gasteiger partial charge >= 0.3 is 0 Å². The lowest BCUT2D eigenvalue weighted by Crippen LogP contribution is -2.37. The summed E-state index contributed by atoms with van der Waals surface area (Å²) >= 11 is 5.42. The van der Waals surface area contributed by atoms with Gasteiger partial charge in [-0.1, -0.05) is 54.6 Å². The third kappa shape index (κ3) is 6.01. The van der Waals surface area contributed by atoms with Gasteiger partial charge in [-0.25, -0.2) is 0 Å². The van der Waals surface area contributed by atoms with Gasteiger partial charge in [0.15, 0.2) is 5.11 Å². The molecule has 5 rings (SSSR count). The molecule has 0 bridgehead atoms. The number of nitrogens with one attached hydrogen (secondary N) is 1. The summed E-state index contributed by atoms with van der Waals surface area (Å²) in [6, 6.07) is 24.2. The SMILES string of the molecule is COc1ccc(/C=C2/NC(=S)N(CC3CCCO3)C2=O)cc1COc1ccccc1Cc1ccccc1. The molecule has 1 atom stereocenters. The van der Waals surface area contributed by atoms with Crippen molar-refractivity contribution in [2.45, 2.75) is 32.0 Å². The van der Waals surface area contributed by atoms with E-state index in [0.29, 0.717) is 24.0 Å². The van der Waals surface area contributed by atoms with Gasteiger partial charge in [0.25, 0.3) is 5.91 Å². The minimum absolute atomic E-state index is 0.0394. The minimum atomic E-state index is -0.135. The Balaban J connectivity index is 1.31. The molecule has 1 N–H and O–H groups in total. The smallest absolute Gasteiger partial charge is 0.276 e. The first-order chi connectivity index (χ1) is 18.1. The highest BCUT2D eigenvalue weighted by molar-refractivity contribution is 7.80. The Kier molecular flexibility index (Phi) is 7.82. The average molecular weight is 515 g/mol. The molecule has 0 radical (unpaired) electrons. The number of ether oxygens (including phenoxy) is 3. The molecule has 0 aromatic heterocycles. The van der Waals surface area contributed by atoms with Gasteiger partial charge in [-0.15, -0.1) is 0 Å². The van der Waals surface area contributed by atoms with Gasteiger partial charge in [0.1, 0.15) is 23.8 Å². The zero-order chi connectivity index (χ0) is 25.6. The van der Waals surface area contributed by atoms with Gasteiger partial charge in [0.2, 0.25) is 0 Å². The van der Waals surface area contributed by atoms with E-state index in [1.165, 1.54) is 5.56 Å². The molecule has 2 heterocycles. The summed E-state index contributed by atoms with van der Waals surface area (Å²) in [4.78, 5) is 14.6. The molecular formula is C30H30N2O4S. The predicted octanol–water partition coefficient (Wildman–Crippen LogP) is 5.10. The fourth-order valence-corrected chi connectivity index (χ4v) is 4.93. The van der Waals surface area contributed by atoms with Crippen molar-refractivity contribution in [3.05, 3.63) is 101 Å². The summed E-state index contributed by atoms with van der Waals surface area (Å²) in [5.41, 5.74) is 4.54. The van der Waals surface area contributed by atoms with Crippen molar-refractivity contribution in [3.8, 4) is 11.5 Å².